The summed E-state index contributed by atoms with van der Waals surface area (Å²) in [4.78, 5) is 13.4. The van der Waals surface area contributed by atoms with Gasteiger partial charge in [0.25, 0.3) is 0 Å². The highest BCUT2D eigenvalue weighted by molar-refractivity contribution is 9.10. The predicted molar refractivity (Wildman–Crippen MR) is 85.6 cm³/mol. The Bertz CT molecular complexity index is 487. The number of piperidine rings is 1. The van der Waals surface area contributed by atoms with Crippen LogP contribution in [-0.4, -0.2) is 24.2 Å². The Hall–Kier alpha value is -1.03. The van der Waals surface area contributed by atoms with Crippen LogP contribution >= 0.6 is 15.9 Å². The van der Waals surface area contributed by atoms with Crippen molar-refractivity contribution in [3.05, 3.63) is 28.2 Å². The highest BCUT2D eigenvalue weighted by Gasteiger charge is 2.31. The lowest BCUT2D eigenvalue weighted by Crippen LogP contribution is -2.39. The molecule has 1 aliphatic heterocycles. The molecule has 1 aromatic carbocycles. The summed E-state index contributed by atoms with van der Waals surface area (Å²) in [7, 11) is 0. The third-order valence-corrected chi connectivity index (χ3v) is 5.53. The minimum absolute atomic E-state index is 0.322. The Balaban J connectivity index is 2.11. The first-order valence-electron chi connectivity index (χ1n) is 7.29. The lowest BCUT2D eigenvalue weighted by atomic mass is 9.74. The van der Waals surface area contributed by atoms with Crippen molar-refractivity contribution in [2.75, 3.05) is 18.0 Å². The third-order valence-electron chi connectivity index (χ3n) is 4.87. The van der Waals surface area contributed by atoms with E-state index in [0.717, 1.165) is 18.8 Å². The van der Waals surface area contributed by atoms with Crippen molar-refractivity contribution in [2.45, 2.75) is 39.5 Å². The van der Waals surface area contributed by atoms with Crippen LogP contribution in [0, 0.1) is 5.41 Å². The summed E-state index contributed by atoms with van der Waals surface area (Å²) < 4.78 is 0.658. The van der Waals surface area contributed by atoms with E-state index >= 15 is 0 Å². The maximum Gasteiger partial charge on any atom is 0.336 e. The average molecular weight is 340 g/mol. The maximum atomic E-state index is 11.0. The molecule has 1 aromatic rings. The van der Waals surface area contributed by atoms with E-state index in [-0.39, 0.29) is 0 Å². The van der Waals surface area contributed by atoms with E-state index in [9.17, 15) is 4.79 Å². The Kier molecular flexibility index (Phi) is 4.74. The minimum atomic E-state index is -0.891. The lowest BCUT2D eigenvalue weighted by Gasteiger charge is -2.42. The van der Waals surface area contributed by atoms with Crippen molar-refractivity contribution in [3.63, 3.8) is 0 Å². The van der Waals surface area contributed by atoms with Crippen molar-refractivity contribution in [1.82, 2.24) is 0 Å². The Morgan fingerprint density at radius 3 is 2.35 bits per heavy atom. The minimum Gasteiger partial charge on any atom is -0.478 e. The zero-order valence-electron chi connectivity index (χ0n) is 12.2. The number of carboxylic acids is 1. The molecule has 4 heteroatoms. The van der Waals surface area contributed by atoms with Crippen LogP contribution in [0.25, 0.3) is 0 Å². The molecule has 0 aromatic heterocycles. The molecule has 0 aliphatic carbocycles. The Labute approximate surface area is 129 Å². The van der Waals surface area contributed by atoms with Gasteiger partial charge in [-0.25, -0.2) is 4.79 Å². The quantitative estimate of drug-likeness (QED) is 0.874. The van der Waals surface area contributed by atoms with E-state index in [4.69, 9.17) is 5.11 Å². The second-order valence-electron chi connectivity index (χ2n) is 5.66. The van der Waals surface area contributed by atoms with Gasteiger partial charge in [-0.2, -0.15) is 0 Å². The molecule has 0 radical (unpaired) electrons. The van der Waals surface area contributed by atoms with Gasteiger partial charge >= 0.3 is 5.97 Å². The van der Waals surface area contributed by atoms with Gasteiger partial charge in [0.15, 0.2) is 0 Å². The van der Waals surface area contributed by atoms with Crippen molar-refractivity contribution >= 4 is 27.6 Å². The lowest BCUT2D eigenvalue weighted by molar-refractivity contribution is 0.0696. The van der Waals surface area contributed by atoms with Crippen molar-refractivity contribution in [2.24, 2.45) is 5.41 Å². The molecule has 0 unspecified atom stereocenters. The molecule has 20 heavy (non-hydrogen) atoms. The second kappa shape index (κ2) is 6.17. The molecule has 1 saturated heterocycles. The SMILES string of the molecule is CCC1(CC)CCN(c2ccc(C(=O)O)c(Br)c2)CC1. The zero-order chi connectivity index (χ0) is 14.8. The van der Waals surface area contributed by atoms with Crippen molar-refractivity contribution < 1.29 is 9.90 Å². The molecule has 0 saturated carbocycles. The number of hydrogen-bond donors (Lipinski definition) is 1. The number of aromatic carboxylic acids is 1. The summed E-state index contributed by atoms with van der Waals surface area (Å²) in [6.07, 6.45) is 4.94. The molecule has 0 spiro atoms. The summed E-state index contributed by atoms with van der Waals surface area (Å²) in [5.41, 5.74) is 1.94. The molecule has 3 nitrogen and oxygen atoms in total. The van der Waals surface area contributed by atoms with Crippen LogP contribution in [0.4, 0.5) is 5.69 Å². The van der Waals surface area contributed by atoms with Crippen LogP contribution in [0.5, 0.6) is 0 Å². The number of rotatable bonds is 4. The van der Waals surface area contributed by atoms with Crippen molar-refractivity contribution in [3.8, 4) is 0 Å². The summed E-state index contributed by atoms with van der Waals surface area (Å²) in [6, 6.07) is 5.52. The van der Waals surface area contributed by atoms with E-state index in [1.165, 1.54) is 25.7 Å². The number of benzene rings is 1. The van der Waals surface area contributed by atoms with Crippen LogP contribution in [-0.2, 0) is 0 Å². The van der Waals surface area contributed by atoms with E-state index in [2.05, 4.69) is 34.7 Å². The topological polar surface area (TPSA) is 40.5 Å². The van der Waals surface area contributed by atoms with Crippen LogP contribution in [0.15, 0.2) is 22.7 Å². The Morgan fingerprint density at radius 2 is 1.90 bits per heavy atom. The molecule has 1 fully saturated rings. The molecule has 1 heterocycles. The highest BCUT2D eigenvalue weighted by Crippen LogP contribution is 2.39. The van der Waals surface area contributed by atoms with Gasteiger partial charge in [-0.15, -0.1) is 0 Å². The standard InChI is InChI=1S/C16H22BrNO2/c1-3-16(4-2)7-9-18(10-8-16)12-5-6-13(15(19)20)14(17)11-12/h5-6,11H,3-4,7-10H2,1-2H3,(H,19,20). The fraction of sp³-hybridized carbons (Fsp3) is 0.562. The van der Waals surface area contributed by atoms with Gasteiger partial charge in [-0.1, -0.05) is 26.7 Å². The third kappa shape index (κ3) is 3.00. The molecule has 1 aliphatic rings. The van der Waals surface area contributed by atoms with Gasteiger partial charge in [0.05, 0.1) is 5.56 Å². The van der Waals surface area contributed by atoms with Crippen LogP contribution in [0.2, 0.25) is 0 Å². The summed E-state index contributed by atoms with van der Waals surface area (Å²) in [5.74, 6) is -0.891. The normalized spacial score (nSPS) is 18.1. The first kappa shape index (κ1) is 15.4. The predicted octanol–water partition coefficient (Wildman–Crippen LogP) is 4.55. The summed E-state index contributed by atoms with van der Waals surface area (Å²) in [5, 5.41) is 9.06. The Morgan fingerprint density at radius 1 is 1.30 bits per heavy atom. The first-order valence-corrected chi connectivity index (χ1v) is 8.08. The maximum absolute atomic E-state index is 11.0. The molecule has 110 valence electrons. The molecule has 2 rings (SSSR count). The second-order valence-corrected chi connectivity index (χ2v) is 6.52. The van der Waals surface area contributed by atoms with Crippen LogP contribution in [0.3, 0.4) is 0 Å². The van der Waals surface area contributed by atoms with Gasteiger partial charge in [0, 0.05) is 23.2 Å². The fourth-order valence-electron chi connectivity index (χ4n) is 3.07. The number of hydrogen-bond acceptors (Lipinski definition) is 2. The largest absolute Gasteiger partial charge is 0.478 e. The number of carbonyl (C=O) groups is 1. The number of nitrogens with zero attached hydrogens (tertiary/aromatic N) is 1. The number of anilines is 1. The van der Waals surface area contributed by atoms with Gasteiger partial charge < -0.3 is 10.0 Å². The smallest absolute Gasteiger partial charge is 0.336 e. The van der Waals surface area contributed by atoms with E-state index in [0.29, 0.717) is 15.5 Å². The highest BCUT2D eigenvalue weighted by atomic mass is 79.9. The molecular formula is C16H22BrNO2. The van der Waals surface area contributed by atoms with Gasteiger partial charge in [-0.05, 0) is 52.4 Å². The molecule has 0 bridgehead atoms. The fourth-order valence-corrected chi connectivity index (χ4v) is 3.61. The van der Waals surface area contributed by atoms with E-state index in [1.807, 2.05) is 12.1 Å². The summed E-state index contributed by atoms with van der Waals surface area (Å²) >= 11 is 3.36. The first-order chi connectivity index (χ1) is 9.51. The van der Waals surface area contributed by atoms with E-state index in [1.54, 1.807) is 6.07 Å². The van der Waals surface area contributed by atoms with Gasteiger partial charge in [-0.3, -0.25) is 0 Å². The average Bonchev–Trinajstić information content (AvgIpc) is 2.47. The van der Waals surface area contributed by atoms with Crippen molar-refractivity contribution in [1.29, 1.82) is 0 Å². The van der Waals surface area contributed by atoms with Gasteiger partial charge in [0.1, 0.15) is 0 Å². The number of carboxylic acid groups (broad SMARTS) is 1. The van der Waals surface area contributed by atoms with Gasteiger partial charge in [0.2, 0.25) is 0 Å². The molecule has 1 N–H and O–H groups in total. The zero-order valence-corrected chi connectivity index (χ0v) is 13.7. The monoisotopic (exact) mass is 339 g/mol. The molecule has 0 atom stereocenters. The summed E-state index contributed by atoms with van der Waals surface area (Å²) in [6.45, 7) is 6.69. The molecule has 0 amide bonds. The number of halogens is 1. The molecular weight excluding hydrogens is 318 g/mol. The van der Waals surface area contributed by atoms with E-state index < -0.39 is 5.97 Å². The van der Waals surface area contributed by atoms with Crippen LogP contribution in [0.1, 0.15) is 49.9 Å². The van der Waals surface area contributed by atoms with Crippen LogP contribution < -0.4 is 4.90 Å².